The molecule has 0 saturated heterocycles. The van der Waals surface area contributed by atoms with Crippen LogP contribution in [-0.2, 0) is 5.41 Å². The molecule has 0 fully saturated rings. The van der Waals surface area contributed by atoms with Gasteiger partial charge in [0.2, 0.25) is 0 Å². The molecule has 0 atom stereocenters. The molecule has 8 rings (SSSR count). The van der Waals surface area contributed by atoms with E-state index >= 15 is 0 Å². The smallest absolute Gasteiger partial charge is 0.0709 e. The van der Waals surface area contributed by atoms with Gasteiger partial charge in [-0.1, -0.05) is 98.8 Å². The second-order valence-electron chi connectivity index (χ2n) is 11.0. The van der Waals surface area contributed by atoms with Gasteiger partial charge in [0.25, 0.3) is 0 Å². The third-order valence-corrected chi connectivity index (χ3v) is 9.32. The Hall–Kier alpha value is -4.49. The van der Waals surface area contributed by atoms with Crippen molar-refractivity contribution in [3.05, 3.63) is 126 Å². The van der Waals surface area contributed by atoms with Crippen LogP contribution in [0.15, 0.2) is 115 Å². The highest BCUT2D eigenvalue weighted by Gasteiger charge is 2.41. The topological polar surface area (TPSA) is 12.9 Å². The third kappa shape index (κ3) is 3.05. The predicted octanol–water partition coefficient (Wildman–Crippen LogP) is 10.4. The van der Waals surface area contributed by atoms with Crippen molar-refractivity contribution in [3.63, 3.8) is 0 Å². The summed E-state index contributed by atoms with van der Waals surface area (Å²) < 4.78 is 0. The van der Waals surface area contributed by atoms with Gasteiger partial charge in [0.15, 0.2) is 0 Å². The highest BCUT2D eigenvalue weighted by molar-refractivity contribution is 6.26. The first kappa shape index (κ1) is 22.5. The van der Waals surface area contributed by atoms with Gasteiger partial charge in [-0.15, -0.1) is 0 Å². The Balaban J connectivity index is 1.45. The molecule has 1 heterocycles. The molecule has 1 aromatic heterocycles. The minimum absolute atomic E-state index is 0.0148. The van der Waals surface area contributed by atoms with Crippen LogP contribution in [0.4, 0.5) is 0 Å². The van der Waals surface area contributed by atoms with E-state index in [1.54, 1.807) is 0 Å². The zero-order chi connectivity index (χ0) is 26.1. The van der Waals surface area contributed by atoms with Crippen molar-refractivity contribution in [1.82, 2.24) is 4.98 Å². The number of aromatic nitrogens is 1. The maximum atomic E-state index is 5.03. The first-order chi connectivity index (χ1) is 19.2. The SMILES string of the molecule is CCC1(CC)c2ccc(-c3ccc4ccccc4n3)cc2-c2cc3c4ccccc4c4ccccc4c3cc21. The molecule has 1 aliphatic carbocycles. The van der Waals surface area contributed by atoms with Crippen LogP contribution in [0.5, 0.6) is 0 Å². The summed E-state index contributed by atoms with van der Waals surface area (Å²) >= 11 is 0. The summed E-state index contributed by atoms with van der Waals surface area (Å²) in [7, 11) is 0. The zero-order valence-corrected chi connectivity index (χ0v) is 22.3. The largest absolute Gasteiger partial charge is 0.248 e. The second-order valence-corrected chi connectivity index (χ2v) is 11.0. The fourth-order valence-corrected chi connectivity index (χ4v) is 7.30. The highest BCUT2D eigenvalue weighted by atomic mass is 14.7. The number of nitrogens with zero attached hydrogens (tertiary/aromatic N) is 1. The second kappa shape index (κ2) is 8.25. The van der Waals surface area contributed by atoms with Gasteiger partial charge < -0.3 is 0 Å². The number of pyridine rings is 1. The Morgan fingerprint density at radius 2 is 1.10 bits per heavy atom. The van der Waals surface area contributed by atoms with Crippen LogP contribution in [-0.4, -0.2) is 4.98 Å². The lowest BCUT2D eigenvalue weighted by molar-refractivity contribution is 0.491. The molecule has 0 amide bonds. The van der Waals surface area contributed by atoms with Gasteiger partial charge in [0, 0.05) is 16.4 Å². The lowest BCUT2D eigenvalue weighted by Crippen LogP contribution is -2.23. The van der Waals surface area contributed by atoms with Crippen LogP contribution < -0.4 is 0 Å². The van der Waals surface area contributed by atoms with E-state index in [0.717, 1.165) is 24.1 Å². The Morgan fingerprint density at radius 3 is 1.79 bits per heavy atom. The molecule has 7 aromatic rings. The summed E-state index contributed by atoms with van der Waals surface area (Å²) in [4.78, 5) is 5.03. The van der Waals surface area contributed by atoms with Crippen molar-refractivity contribution in [2.24, 2.45) is 0 Å². The van der Waals surface area contributed by atoms with Crippen molar-refractivity contribution in [2.45, 2.75) is 32.1 Å². The van der Waals surface area contributed by atoms with E-state index in [1.807, 2.05) is 0 Å². The maximum Gasteiger partial charge on any atom is 0.0709 e. The monoisotopic (exact) mass is 499 g/mol. The number of para-hydroxylation sites is 1. The first-order valence-corrected chi connectivity index (χ1v) is 14.1. The summed E-state index contributed by atoms with van der Waals surface area (Å²) in [6.45, 7) is 4.70. The molecule has 0 unspecified atom stereocenters. The molecule has 6 aromatic carbocycles. The average molecular weight is 500 g/mol. The minimum Gasteiger partial charge on any atom is -0.248 e. The molecule has 0 saturated carbocycles. The normalized spacial score (nSPS) is 13.8. The van der Waals surface area contributed by atoms with Crippen molar-refractivity contribution in [1.29, 1.82) is 0 Å². The quantitative estimate of drug-likeness (QED) is 0.220. The van der Waals surface area contributed by atoms with Crippen molar-refractivity contribution < 1.29 is 0 Å². The van der Waals surface area contributed by atoms with Crippen molar-refractivity contribution >= 4 is 43.2 Å². The van der Waals surface area contributed by atoms with Gasteiger partial charge in [-0.2, -0.15) is 0 Å². The van der Waals surface area contributed by atoms with Crippen LogP contribution in [0.2, 0.25) is 0 Å². The summed E-state index contributed by atoms with van der Waals surface area (Å²) in [5.41, 5.74) is 8.93. The lowest BCUT2D eigenvalue weighted by atomic mass is 9.73. The molecule has 0 N–H and O–H groups in total. The Kier molecular flexibility index (Phi) is 4.76. The Bertz CT molecular complexity index is 2100. The third-order valence-electron chi connectivity index (χ3n) is 9.32. The molecule has 1 heteroatoms. The molecular formula is C38H29N. The van der Waals surface area contributed by atoms with E-state index in [9.17, 15) is 0 Å². The number of rotatable bonds is 3. The Morgan fingerprint density at radius 1 is 0.513 bits per heavy atom. The number of benzene rings is 6. The summed E-state index contributed by atoms with van der Waals surface area (Å²) in [6, 6.07) is 42.6. The van der Waals surface area contributed by atoms with E-state index in [1.165, 1.54) is 65.5 Å². The highest BCUT2D eigenvalue weighted by Crippen LogP contribution is 2.55. The van der Waals surface area contributed by atoms with Crippen LogP contribution in [0, 0.1) is 0 Å². The molecule has 186 valence electrons. The van der Waals surface area contributed by atoms with Gasteiger partial charge in [-0.3, -0.25) is 0 Å². The van der Waals surface area contributed by atoms with Gasteiger partial charge in [0.1, 0.15) is 0 Å². The number of fused-ring (bicyclic) bond motifs is 10. The molecule has 39 heavy (non-hydrogen) atoms. The summed E-state index contributed by atoms with van der Waals surface area (Å²) in [5.74, 6) is 0. The molecule has 0 spiro atoms. The van der Waals surface area contributed by atoms with Crippen molar-refractivity contribution in [2.75, 3.05) is 0 Å². The number of hydrogen-bond donors (Lipinski definition) is 0. The van der Waals surface area contributed by atoms with Gasteiger partial charge in [-0.25, -0.2) is 4.98 Å². The zero-order valence-electron chi connectivity index (χ0n) is 22.3. The maximum absolute atomic E-state index is 5.03. The van der Waals surface area contributed by atoms with Crippen LogP contribution >= 0.6 is 0 Å². The van der Waals surface area contributed by atoms with Crippen molar-refractivity contribution in [3.8, 4) is 22.4 Å². The molecule has 1 aliphatic rings. The standard InChI is InChI=1S/C38H29N/c1-3-38(4-2)34-19-17-25(37-20-18-24-11-5-10-16-36(24)39-37)21-32(34)33-22-30-28-14-8-6-12-26(28)27-13-7-9-15-29(27)31(30)23-35(33)38/h5-23H,3-4H2,1-2H3. The predicted molar refractivity (Wildman–Crippen MR) is 166 cm³/mol. The van der Waals surface area contributed by atoms with Crippen LogP contribution in [0.1, 0.15) is 37.8 Å². The van der Waals surface area contributed by atoms with Crippen LogP contribution in [0.25, 0.3) is 65.6 Å². The van der Waals surface area contributed by atoms with E-state index in [0.29, 0.717) is 0 Å². The molecular weight excluding hydrogens is 470 g/mol. The van der Waals surface area contributed by atoms with E-state index in [2.05, 4.69) is 129 Å². The van der Waals surface area contributed by atoms with E-state index < -0.39 is 0 Å². The fourth-order valence-electron chi connectivity index (χ4n) is 7.30. The van der Waals surface area contributed by atoms with Gasteiger partial charge in [-0.05, 0) is 97.7 Å². The molecule has 0 aliphatic heterocycles. The Labute approximate surface area is 228 Å². The fraction of sp³-hybridized carbons (Fsp3) is 0.132. The first-order valence-electron chi connectivity index (χ1n) is 14.1. The minimum atomic E-state index is 0.0148. The van der Waals surface area contributed by atoms with E-state index in [-0.39, 0.29) is 5.41 Å². The summed E-state index contributed by atoms with van der Waals surface area (Å²) in [6.07, 6.45) is 2.15. The van der Waals surface area contributed by atoms with Gasteiger partial charge >= 0.3 is 0 Å². The molecule has 1 nitrogen and oxygen atoms in total. The summed E-state index contributed by atoms with van der Waals surface area (Å²) in [5, 5.41) is 9.20. The molecule has 0 bridgehead atoms. The lowest BCUT2D eigenvalue weighted by Gasteiger charge is -2.30. The van der Waals surface area contributed by atoms with E-state index in [4.69, 9.17) is 4.98 Å². The number of hydrogen-bond acceptors (Lipinski definition) is 1. The molecule has 0 radical (unpaired) electrons. The van der Waals surface area contributed by atoms with Crippen LogP contribution in [0.3, 0.4) is 0 Å². The van der Waals surface area contributed by atoms with Gasteiger partial charge in [0.05, 0.1) is 11.2 Å². The average Bonchev–Trinajstić information content (AvgIpc) is 3.28.